The normalized spacial score (nSPS) is 11.2. The molecule has 0 heterocycles. The number of aryl methyl sites for hydroxylation is 1. The van der Waals surface area contributed by atoms with Crippen LogP contribution < -0.4 is 4.18 Å². The number of benzene rings is 2. The minimum atomic E-state index is -3.73. The fourth-order valence-corrected chi connectivity index (χ4v) is 2.63. The third kappa shape index (κ3) is 3.62. The van der Waals surface area contributed by atoms with Crippen LogP contribution in [-0.2, 0) is 10.1 Å². The number of hydrogen-bond donors (Lipinski definition) is 0. The van der Waals surface area contributed by atoms with Crippen LogP contribution in [0.15, 0.2) is 42.5 Å². The van der Waals surface area contributed by atoms with Crippen molar-refractivity contribution in [3.8, 4) is 5.75 Å². The zero-order valence-electron chi connectivity index (χ0n) is 11.5. The van der Waals surface area contributed by atoms with Gasteiger partial charge in [-0.25, -0.2) is 0 Å². The van der Waals surface area contributed by atoms with Gasteiger partial charge in [0.15, 0.2) is 11.5 Å². The van der Waals surface area contributed by atoms with E-state index in [4.69, 9.17) is 15.8 Å². The molecule has 0 aliphatic carbocycles. The molecule has 0 saturated carbocycles. The molecular formula is C15H13ClO4S. The Balaban J connectivity index is 2.58. The van der Waals surface area contributed by atoms with E-state index in [2.05, 4.69) is 0 Å². The van der Waals surface area contributed by atoms with Crippen molar-refractivity contribution < 1.29 is 17.4 Å². The predicted molar refractivity (Wildman–Crippen MR) is 81.5 cm³/mol. The Morgan fingerprint density at radius 2 is 1.76 bits per heavy atom. The third-order valence-electron chi connectivity index (χ3n) is 2.82. The van der Waals surface area contributed by atoms with Crippen molar-refractivity contribution in [2.45, 2.75) is 6.92 Å². The van der Waals surface area contributed by atoms with E-state index in [1.54, 1.807) is 43.3 Å². The molecule has 0 atom stereocenters. The van der Waals surface area contributed by atoms with Crippen LogP contribution in [-0.4, -0.2) is 20.5 Å². The van der Waals surface area contributed by atoms with Gasteiger partial charge in [-0.3, -0.25) is 4.79 Å². The Bertz CT molecular complexity index is 797. The maximum atomic E-state index is 12.6. The van der Waals surface area contributed by atoms with Crippen LogP contribution in [0.3, 0.4) is 0 Å². The van der Waals surface area contributed by atoms with E-state index in [1.165, 1.54) is 6.07 Å². The topological polar surface area (TPSA) is 60.4 Å². The van der Waals surface area contributed by atoms with E-state index >= 15 is 0 Å². The smallest absolute Gasteiger partial charge is 0.306 e. The van der Waals surface area contributed by atoms with E-state index < -0.39 is 10.1 Å². The Labute approximate surface area is 128 Å². The molecule has 0 amide bonds. The first-order valence-corrected chi connectivity index (χ1v) is 8.27. The first-order valence-electron chi connectivity index (χ1n) is 6.08. The summed E-state index contributed by atoms with van der Waals surface area (Å²) in [5.74, 6) is -0.375. The molecule has 0 spiro atoms. The molecule has 4 nitrogen and oxygen atoms in total. The summed E-state index contributed by atoms with van der Waals surface area (Å²) in [6.07, 6.45) is 0.930. The van der Waals surface area contributed by atoms with Gasteiger partial charge in [0, 0.05) is 5.56 Å². The molecule has 2 aromatic rings. The largest absolute Gasteiger partial charge is 0.382 e. The Kier molecular flexibility index (Phi) is 4.34. The van der Waals surface area contributed by atoms with Crippen LogP contribution in [0.1, 0.15) is 21.5 Å². The van der Waals surface area contributed by atoms with Crippen LogP contribution in [0.5, 0.6) is 5.75 Å². The van der Waals surface area contributed by atoms with Crippen molar-refractivity contribution in [3.63, 3.8) is 0 Å². The maximum absolute atomic E-state index is 12.6. The SMILES string of the molecule is Cc1cccc(OS(C)(=O)=O)c1C(=O)c1ccccc1Cl. The Morgan fingerprint density at radius 1 is 1.10 bits per heavy atom. The second-order valence-electron chi connectivity index (χ2n) is 4.54. The van der Waals surface area contributed by atoms with Crippen molar-refractivity contribution in [2.24, 2.45) is 0 Å². The highest BCUT2D eigenvalue weighted by Gasteiger charge is 2.21. The first kappa shape index (κ1) is 15.5. The molecule has 21 heavy (non-hydrogen) atoms. The first-order chi connectivity index (χ1) is 9.79. The molecule has 0 radical (unpaired) electrons. The van der Waals surface area contributed by atoms with Gasteiger partial charge in [0.1, 0.15) is 0 Å². The van der Waals surface area contributed by atoms with Gasteiger partial charge in [0.25, 0.3) is 0 Å². The average Bonchev–Trinajstić information content (AvgIpc) is 2.37. The van der Waals surface area contributed by atoms with E-state index in [1.807, 2.05) is 0 Å². The zero-order valence-corrected chi connectivity index (χ0v) is 13.0. The third-order valence-corrected chi connectivity index (χ3v) is 3.63. The monoisotopic (exact) mass is 324 g/mol. The molecule has 0 aliphatic heterocycles. The fourth-order valence-electron chi connectivity index (χ4n) is 1.94. The minimum Gasteiger partial charge on any atom is -0.382 e. The molecule has 0 unspecified atom stereocenters. The van der Waals surface area contributed by atoms with Gasteiger partial charge in [-0.15, -0.1) is 0 Å². The second kappa shape index (κ2) is 5.87. The highest BCUT2D eigenvalue weighted by atomic mass is 35.5. The number of carbonyl (C=O) groups is 1. The molecule has 0 saturated heterocycles. The van der Waals surface area contributed by atoms with Crippen LogP contribution in [0.4, 0.5) is 0 Å². The fraction of sp³-hybridized carbons (Fsp3) is 0.133. The van der Waals surface area contributed by atoms with E-state index in [-0.39, 0.29) is 17.1 Å². The summed E-state index contributed by atoms with van der Waals surface area (Å²) in [5.41, 5.74) is 1.10. The van der Waals surface area contributed by atoms with Crippen molar-refractivity contribution in [3.05, 3.63) is 64.2 Å². The molecule has 110 valence electrons. The zero-order chi connectivity index (χ0) is 15.6. The van der Waals surface area contributed by atoms with Gasteiger partial charge >= 0.3 is 10.1 Å². The Hall–Kier alpha value is -1.85. The quantitative estimate of drug-likeness (QED) is 0.640. The summed E-state index contributed by atoms with van der Waals surface area (Å²) < 4.78 is 27.6. The lowest BCUT2D eigenvalue weighted by Crippen LogP contribution is -2.12. The standard InChI is InChI=1S/C15H13ClO4S/c1-10-6-5-9-13(20-21(2,18)19)14(10)15(17)11-7-3-4-8-12(11)16/h3-9H,1-2H3. The summed E-state index contributed by atoms with van der Waals surface area (Å²) in [6.45, 7) is 1.71. The molecule has 0 bridgehead atoms. The van der Waals surface area contributed by atoms with Crippen LogP contribution >= 0.6 is 11.6 Å². The van der Waals surface area contributed by atoms with E-state index in [0.29, 0.717) is 16.1 Å². The van der Waals surface area contributed by atoms with Gasteiger partial charge in [-0.1, -0.05) is 35.9 Å². The lowest BCUT2D eigenvalue weighted by Gasteiger charge is -2.12. The number of halogens is 1. The number of hydrogen-bond acceptors (Lipinski definition) is 4. The predicted octanol–water partition coefficient (Wildman–Crippen LogP) is 3.22. The molecule has 0 N–H and O–H groups in total. The number of ketones is 1. The van der Waals surface area contributed by atoms with Crippen LogP contribution in [0.25, 0.3) is 0 Å². The van der Waals surface area contributed by atoms with Crippen molar-refractivity contribution in [2.75, 3.05) is 6.26 Å². The van der Waals surface area contributed by atoms with Crippen molar-refractivity contribution >= 4 is 27.5 Å². The molecule has 2 rings (SSSR count). The Morgan fingerprint density at radius 3 is 2.38 bits per heavy atom. The molecular weight excluding hydrogens is 312 g/mol. The molecule has 6 heteroatoms. The van der Waals surface area contributed by atoms with Crippen LogP contribution in [0, 0.1) is 6.92 Å². The van der Waals surface area contributed by atoms with Crippen molar-refractivity contribution in [1.29, 1.82) is 0 Å². The van der Waals surface area contributed by atoms with E-state index in [9.17, 15) is 13.2 Å². The number of rotatable bonds is 4. The summed E-state index contributed by atoms with van der Waals surface area (Å²) in [4.78, 5) is 12.6. The summed E-state index contributed by atoms with van der Waals surface area (Å²) >= 11 is 6.03. The van der Waals surface area contributed by atoms with Crippen LogP contribution in [0.2, 0.25) is 5.02 Å². The molecule has 0 aliphatic rings. The summed E-state index contributed by atoms with van der Waals surface area (Å²) in [5, 5.41) is 0.302. The van der Waals surface area contributed by atoms with Gasteiger partial charge in [0.2, 0.25) is 0 Å². The molecule has 0 aromatic heterocycles. The minimum absolute atomic E-state index is 0.00224. The second-order valence-corrected chi connectivity index (χ2v) is 6.53. The highest BCUT2D eigenvalue weighted by Crippen LogP contribution is 2.28. The summed E-state index contributed by atoms with van der Waals surface area (Å²) in [6, 6.07) is 11.4. The highest BCUT2D eigenvalue weighted by molar-refractivity contribution is 7.86. The maximum Gasteiger partial charge on any atom is 0.306 e. The van der Waals surface area contributed by atoms with Gasteiger partial charge in [-0.05, 0) is 30.7 Å². The van der Waals surface area contributed by atoms with Gasteiger partial charge in [-0.2, -0.15) is 8.42 Å². The van der Waals surface area contributed by atoms with Crippen molar-refractivity contribution in [1.82, 2.24) is 0 Å². The molecule has 0 fully saturated rings. The van der Waals surface area contributed by atoms with Gasteiger partial charge < -0.3 is 4.18 Å². The van der Waals surface area contributed by atoms with Gasteiger partial charge in [0.05, 0.1) is 16.8 Å². The number of carbonyl (C=O) groups excluding carboxylic acids is 1. The summed E-state index contributed by atoms with van der Waals surface area (Å²) in [7, 11) is -3.73. The lowest BCUT2D eigenvalue weighted by atomic mass is 9.98. The lowest BCUT2D eigenvalue weighted by molar-refractivity contribution is 0.103. The average molecular weight is 325 g/mol. The van der Waals surface area contributed by atoms with E-state index in [0.717, 1.165) is 6.26 Å². The molecule has 2 aromatic carbocycles.